The predicted octanol–water partition coefficient (Wildman–Crippen LogP) is 2.47. The normalized spacial score (nSPS) is 37.6. The Bertz CT molecular complexity index is 762. The molecule has 0 radical (unpaired) electrons. The van der Waals surface area contributed by atoms with E-state index in [1.807, 2.05) is 31.2 Å². The van der Waals surface area contributed by atoms with Gasteiger partial charge in [-0.2, -0.15) is 10.1 Å². The second kappa shape index (κ2) is 5.28. The maximum Gasteiger partial charge on any atom is 0.254 e. The molecule has 5 heteroatoms. The fourth-order valence-electron chi connectivity index (χ4n) is 5.00. The lowest BCUT2D eigenvalue weighted by molar-refractivity contribution is -0.140. The lowest BCUT2D eigenvalue weighted by Gasteiger charge is -2.37. The molecule has 25 heavy (non-hydrogen) atoms. The van der Waals surface area contributed by atoms with Crippen LogP contribution in [0.15, 0.2) is 41.5 Å². The van der Waals surface area contributed by atoms with Gasteiger partial charge in [-0.1, -0.05) is 12.2 Å². The van der Waals surface area contributed by atoms with Crippen molar-refractivity contribution >= 4 is 18.0 Å². The lowest BCUT2D eigenvalue weighted by Crippen LogP contribution is -2.40. The van der Waals surface area contributed by atoms with Gasteiger partial charge in [0.05, 0.1) is 24.7 Å². The van der Waals surface area contributed by atoms with E-state index in [2.05, 4.69) is 17.3 Å². The quantitative estimate of drug-likeness (QED) is 0.482. The molecular formula is C20H20N2O3. The highest BCUT2D eigenvalue weighted by molar-refractivity contribution is 6.06. The monoisotopic (exact) mass is 336 g/mol. The lowest BCUT2D eigenvalue weighted by atomic mass is 9.63. The summed E-state index contributed by atoms with van der Waals surface area (Å²) < 4.78 is 5.41. The van der Waals surface area contributed by atoms with Gasteiger partial charge in [0.2, 0.25) is 0 Å². The number of carbonyl (C=O) groups is 2. The molecule has 1 aromatic carbocycles. The second-order valence-electron chi connectivity index (χ2n) is 7.39. The summed E-state index contributed by atoms with van der Waals surface area (Å²) in [5.74, 6) is 1.87. The van der Waals surface area contributed by atoms with Gasteiger partial charge in [-0.25, -0.2) is 0 Å². The smallest absolute Gasteiger partial charge is 0.254 e. The van der Waals surface area contributed by atoms with E-state index in [0.29, 0.717) is 18.4 Å². The van der Waals surface area contributed by atoms with E-state index >= 15 is 0 Å². The van der Waals surface area contributed by atoms with E-state index in [1.165, 1.54) is 6.42 Å². The van der Waals surface area contributed by atoms with E-state index < -0.39 is 0 Å². The average molecular weight is 336 g/mol. The van der Waals surface area contributed by atoms with Gasteiger partial charge in [-0.15, -0.1) is 0 Å². The number of rotatable bonds is 4. The number of imide groups is 1. The highest BCUT2D eigenvalue weighted by Crippen LogP contribution is 2.65. The van der Waals surface area contributed by atoms with Crippen LogP contribution in [-0.2, 0) is 9.59 Å². The summed E-state index contributed by atoms with van der Waals surface area (Å²) in [5.41, 5.74) is 0.836. The molecule has 1 aliphatic heterocycles. The van der Waals surface area contributed by atoms with Crippen LogP contribution in [0.3, 0.4) is 0 Å². The summed E-state index contributed by atoms with van der Waals surface area (Å²) in [6.07, 6.45) is 7.10. The van der Waals surface area contributed by atoms with Crippen molar-refractivity contribution in [1.82, 2.24) is 5.01 Å². The van der Waals surface area contributed by atoms with Crippen LogP contribution in [-0.4, -0.2) is 29.6 Å². The van der Waals surface area contributed by atoms with Gasteiger partial charge in [0.1, 0.15) is 5.75 Å². The zero-order chi connectivity index (χ0) is 17.1. The third-order valence-corrected chi connectivity index (χ3v) is 6.15. The third kappa shape index (κ3) is 2.11. The summed E-state index contributed by atoms with van der Waals surface area (Å²) in [4.78, 5) is 25.6. The van der Waals surface area contributed by atoms with Crippen molar-refractivity contribution in [2.24, 2.45) is 40.6 Å². The minimum Gasteiger partial charge on any atom is -0.494 e. The Balaban J connectivity index is 1.37. The number of amides is 2. The molecule has 5 nitrogen and oxygen atoms in total. The zero-order valence-electron chi connectivity index (χ0n) is 14.0. The van der Waals surface area contributed by atoms with Crippen LogP contribution in [0.25, 0.3) is 0 Å². The molecule has 1 aromatic rings. The van der Waals surface area contributed by atoms with E-state index in [1.54, 1.807) is 6.21 Å². The second-order valence-corrected chi connectivity index (χ2v) is 7.39. The Kier molecular flexibility index (Phi) is 3.14. The number of ether oxygens (including phenoxy) is 1. The highest BCUT2D eigenvalue weighted by atomic mass is 16.5. The predicted molar refractivity (Wildman–Crippen MR) is 91.8 cm³/mol. The molecule has 1 heterocycles. The van der Waals surface area contributed by atoms with Crippen molar-refractivity contribution in [1.29, 1.82) is 0 Å². The van der Waals surface area contributed by atoms with E-state index in [9.17, 15) is 9.59 Å². The fraction of sp³-hybridized carbons (Fsp3) is 0.450. The first-order valence-electron chi connectivity index (χ1n) is 9.02. The van der Waals surface area contributed by atoms with E-state index in [-0.39, 0.29) is 35.5 Å². The number of hydrogen-bond acceptors (Lipinski definition) is 4. The Hall–Kier alpha value is -2.43. The molecule has 4 aliphatic carbocycles. The minimum absolute atomic E-state index is 0.123. The van der Waals surface area contributed by atoms with Crippen molar-refractivity contribution in [2.75, 3.05) is 6.61 Å². The topological polar surface area (TPSA) is 59.0 Å². The van der Waals surface area contributed by atoms with Crippen molar-refractivity contribution < 1.29 is 14.3 Å². The zero-order valence-corrected chi connectivity index (χ0v) is 14.0. The molecule has 0 spiro atoms. The van der Waals surface area contributed by atoms with Gasteiger partial charge in [0, 0.05) is 0 Å². The summed E-state index contributed by atoms with van der Waals surface area (Å²) >= 11 is 0. The van der Waals surface area contributed by atoms with Crippen LogP contribution in [0.1, 0.15) is 18.9 Å². The Labute approximate surface area is 146 Å². The van der Waals surface area contributed by atoms with E-state index in [4.69, 9.17) is 4.74 Å². The molecule has 2 amide bonds. The molecule has 1 saturated heterocycles. The fourth-order valence-corrected chi connectivity index (χ4v) is 5.00. The molecule has 0 N–H and O–H groups in total. The van der Waals surface area contributed by atoms with Crippen molar-refractivity contribution in [3.05, 3.63) is 42.0 Å². The molecule has 5 aliphatic rings. The Morgan fingerprint density at radius 1 is 1.08 bits per heavy atom. The van der Waals surface area contributed by atoms with Gasteiger partial charge in [0.25, 0.3) is 11.8 Å². The largest absolute Gasteiger partial charge is 0.494 e. The number of carbonyl (C=O) groups excluding carboxylic acids is 2. The Morgan fingerprint density at radius 3 is 2.24 bits per heavy atom. The number of nitrogens with zero attached hydrogens (tertiary/aromatic N) is 2. The number of allylic oxidation sites excluding steroid dienone is 2. The standard InChI is InChI=1S/C20H20N2O3/c1-2-25-12-5-3-11(4-6-12)10-21-22-19(23)17-13-7-8-14(16-9-15(13)16)18(17)20(22)24/h3-8,10,13-18H,2,9H2,1H3/b21-10-/t13-,14-,15-,16-,17+,18+/m0/s1. The first-order chi connectivity index (χ1) is 12.2. The van der Waals surface area contributed by atoms with Gasteiger partial charge >= 0.3 is 0 Å². The van der Waals surface area contributed by atoms with E-state index in [0.717, 1.165) is 16.3 Å². The van der Waals surface area contributed by atoms with Gasteiger partial charge < -0.3 is 4.74 Å². The first-order valence-corrected chi connectivity index (χ1v) is 9.02. The SMILES string of the molecule is CCOc1ccc(/C=N\N2C(=O)[C@@H]3[C@H]4C=C[C@@H]([C@@H]5C[C@@H]45)[C@H]3C2=O)cc1. The van der Waals surface area contributed by atoms with Gasteiger partial charge in [-0.3, -0.25) is 9.59 Å². The summed E-state index contributed by atoms with van der Waals surface area (Å²) in [6.45, 7) is 2.55. The van der Waals surface area contributed by atoms with Gasteiger partial charge in [-0.05, 0) is 66.8 Å². The van der Waals surface area contributed by atoms with Gasteiger partial charge in [0.15, 0.2) is 0 Å². The molecule has 6 atom stereocenters. The molecule has 6 rings (SSSR count). The molecule has 0 aromatic heterocycles. The number of hydrogen-bond donors (Lipinski definition) is 0. The summed E-state index contributed by atoms with van der Waals surface area (Å²) in [5, 5.41) is 5.35. The van der Waals surface area contributed by atoms with Crippen LogP contribution >= 0.6 is 0 Å². The molecule has 0 unspecified atom stereocenters. The molecule has 3 fully saturated rings. The number of benzene rings is 1. The maximum absolute atomic E-state index is 12.8. The highest BCUT2D eigenvalue weighted by Gasteiger charge is 2.67. The van der Waals surface area contributed by atoms with Crippen LogP contribution in [0.2, 0.25) is 0 Å². The Morgan fingerprint density at radius 2 is 1.68 bits per heavy atom. The maximum atomic E-state index is 12.8. The van der Waals surface area contributed by atoms with Crippen LogP contribution in [0, 0.1) is 35.5 Å². The van der Waals surface area contributed by atoms with Crippen LogP contribution in [0.5, 0.6) is 5.75 Å². The number of hydrazone groups is 1. The van der Waals surface area contributed by atoms with Crippen molar-refractivity contribution in [3.8, 4) is 5.75 Å². The third-order valence-electron chi connectivity index (χ3n) is 6.15. The molecule has 2 bridgehead atoms. The minimum atomic E-state index is -0.191. The van der Waals surface area contributed by atoms with Crippen molar-refractivity contribution in [2.45, 2.75) is 13.3 Å². The summed E-state index contributed by atoms with van der Waals surface area (Å²) in [7, 11) is 0. The summed E-state index contributed by atoms with van der Waals surface area (Å²) in [6, 6.07) is 7.45. The molecule has 128 valence electrons. The molecular weight excluding hydrogens is 316 g/mol. The molecule has 2 saturated carbocycles. The first kappa shape index (κ1) is 14.9. The van der Waals surface area contributed by atoms with Crippen molar-refractivity contribution in [3.63, 3.8) is 0 Å². The average Bonchev–Trinajstić information content (AvgIpc) is 3.41. The van der Waals surface area contributed by atoms with Crippen LogP contribution in [0.4, 0.5) is 0 Å². The van der Waals surface area contributed by atoms with Crippen LogP contribution < -0.4 is 4.74 Å².